The zero-order valence-electron chi connectivity index (χ0n) is 22.3. The van der Waals surface area contributed by atoms with Crippen molar-refractivity contribution in [1.82, 2.24) is 4.90 Å². The molecule has 1 nitrogen and oxygen atoms in total. The molecule has 5 aromatic rings. The van der Waals surface area contributed by atoms with E-state index in [1.807, 2.05) is 0 Å². The Morgan fingerprint density at radius 2 is 1.00 bits per heavy atom. The molecule has 6 rings (SSSR count). The number of rotatable bonds is 9. The van der Waals surface area contributed by atoms with Crippen molar-refractivity contribution >= 4 is 42.4 Å². The second-order valence-corrected chi connectivity index (χ2v) is 14.6. The van der Waals surface area contributed by atoms with Crippen molar-refractivity contribution < 1.29 is 0 Å². The van der Waals surface area contributed by atoms with E-state index >= 15 is 0 Å². The topological polar surface area (TPSA) is 3.24 Å². The van der Waals surface area contributed by atoms with Gasteiger partial charge in [-0.2, -0.15) is 0 Å². The molecule has 1 aliphatic heterocycles. The number of benzene rings is 5. The van der Waals surface area contributed by atoms with Gasteiger partial charge in [0.05, 0.1) is 0 Å². The van der Waals surface area contributed by atoms with Gasteiger partial charge in [-0.25, -0.2) is 0 Å². The van der Waals surface area contributed by atoms with Gasteiger partial charge in [0.1, 0.15) is 0 Å². The van der Waals surface area contributed by atoms with Crippen LogP contribution in [0.1, 0.15) is 18.4 Å². The van der Waals surface area contributed by atoms with Crippen LogP contribution in [-0.2, 0) is 6.54 Å². The Kier molecular flexibility index (Phi) is 8.62. The van der Waals surface area contributed by atoms with Gasteiger partial charge >= 0.3 is 0 Å². The zero-order chi connectivity index (χ0) is 26.3. The number of nitrogens with zero attached hydrogens (tertiary/aromatic N) is 1. The smallest absolute Gasteiger partial charge is 0.0243 e. The maximum absolute atomic E-state index is 2.78. The highest BCUT2D eigenvalue weighted by Crippen LogP contribution is 2.39. The van der Waals surface area contributed by atoms with Gasteiger partial charge in [0.25, 0.3) is 0 Å². The average molecular weight is 544 g/mol. The van der Waals surface area contributed by atoms with E-state index in [1.54, 1.807) is 0 Å². The Balaban J connectivity index is 1.30. The lowest BCUT2D eigenvalue weighted by Crippen LogP contribution is -2.35. The van der Waals surface area contributed by atoms with Crippen LogP contribution in [0, 0.1) is 0 Å². The third kappa shape index (κ3) is 6.23. The van der Waals surface area contributed by atoms with E-state index in [4.69, 9.17) is 0 Å². The summed E-state index contributed by atoms with van der Waals surface area (Å²) >= 11 is 0. The van der Waals surface area contributed by atoms with Gasteiger partial charge in [0.2, 0.25) is 0 Å². The van der Waals surface area contributed by atoms with Crippen molar-refractivity contribution in [2.24, 2.45) is 0 Å². The molecule has 0 radical (unpaired) electrons. The first-order chi connectivity index (χ1) is 19.4. The summed E-state index contributed by atoms with van der Waals surface area (Å²) in [6, 6.07) is 54.4. The molecule has 3 heteroatoms. The van der Waals surface area contributed by atoms with E-state index in [0.29, 0.717) is 6.04 Å². The van der Waals surface area contributed by atoms with Crippen molar-refractivity contribution in [3.63, 3.8) is 0 Å². The summed E-state index contributed by atoms with van der Waals surface area (Å²) in [6.07, 6.45) is 3.79. The van der Waals surface area contributed by atoms with Crippen molar-refractivity contribution in [2.75, 3.05) is 12.7 Å². The summed E-state index contributed by atoms with van der Waals surface area (Å²) in [4.78, 5) is 2.78. The molecule has 0 aromatic heterocycles. The molecule has 5 aromatic carbocycles. The fraction of sp³-hybridized carbons (Fsp3) is 0.167. The summed E-state index contributed by atoms with van der Waals surface area (Å²) in [6.45, 7) is 2.20. The molecule has 1 atom stereocenters. The van der Waals surface area contributed by atoms with Gasteiger partial charge in [-0.15, -0.1) is 0 Å². The largest absolute Gasteiger partial charge is 0.296 e. The molecule has 1 fully saturated rings. The Labute approximate surface area is 236 Å². The van der Waals surface area contributed by atoms with Crippen molar-refractivity contribution in [3.8, 4) is 0 Å². The zero-order valence-corrected chi connectivity index (χ0v) is 24.1. The third-order valence-electron chi connectivity index (χ3n) is 7.66. The molecule has 1 heterocycles. The summed E-state index contributed by atoms with van der Waals surface area (Å²) in [5.74, 6) is 0. The van der Waals surface area contributed by atoms with Gasteiger partial charge in [0.15, 0.2) is 0 Å². The molecule has 0 N–H and O–H groups in total. The lowest BCUT2D eigenvalue weighted by molar-refractivity contribution is 0.264. The van der Waals surface area contributed by atoms with Crippen LogP contribution in [0.2, 0.25) is 0 Å². The highest BCUT2D eigenvalue weighted by molar-refractivity contribution is 7.80. The first-order valence-electron chi connectivity index (χ1n) is 14.0. The number of likely N-dealkylation sites (tertiary alicyclic amines) is 1. The van der Waals surface area contributed by atoms with Crippen molar-refractivity contribution in [2.45, 2.75) is 25.4 Å². The van der Waals surface area contributed by atoms with E-state index in [2.05, 4.69) is 150 Å². The maximum Gasteiger partial charge on any atom is 0.0243 e. The monoisotopic (exact) mass is 543 g/mol. The first-order valence-corrected chi connectivity index (χ1v) is 16.8. The second-order valence-electron chi connectivity index (χ2n) is 10.2. The molecule has 39 heavy (non-hydrogen) atoms. The molecular formula is C36H35NP2. The lowest BCUT2D eigenvalue weighted by Gasteiger charge is -2.31. The SMILES string of the molecule is c1ccc(P(CC2CCCN2Cc2ccccc2P(c2ccccc2)c2ccccc2)c2ccccc2)cc1. The summed E-state index contributed by atoms with van der Waals surface area (Å²) in [5, 5.41) is 7.30. The molecule has 0 bridgehead atoms. The number of hydrogen-bond acceptors (Lipinski definition) is 1. The summed E-state index contributed by atoms with van der Waals surface area (Å²) < 4.78 is 0. The average Bonchev–Trinajstić information content (AvgIpc) is 3.45. The van der Waals surface area contributed by atoms with Crippen LogP contribution in [-0.4, -0.2) is 23.6 Å². The van der Waals surface area contributed by atoms with E-state index < -0.39 is 15.8 Å². The fourth-order valence-corrected chi connectivity index (χ4v) is 10.8. The van der Waals surface area contributed by atoms with Crippen LogP contribution >= 0.6 is 15.8 Å². The second kappa shape index (κ2) is 12.8. The van der Waals surface area contributed by atoms with Crippen molar-refractivity contribution in [1.29, 1.82) is 0 Å². The number of hydrogen-bond donors (Lipinski definition) is 0. The minimum Gasteiger partial charge on any atom is -0.296 e. The van der Waals surface area contributed by atoms with Gasteiger partial charge in [-0.3, -0.25) is 4.90 Å². The lowest BCUT2D eigenvalue weighted by atomic mass is 10.2. The highest BCUT2D eigenvalue weighted by Gasteiger charge is 2.30. The predicted octanol–water partition coefficient (Wildman–Crippen LogP) is 6.54. The molecule has 1 unspecified atom stereocenters. The third-order valence-corrected chi connectivity index (χ3v) is 12.8. The van der Waals surface area contributed by atoms with Crippen LogP contribution < -0.4 is 26.5 Å². The van der Waals surface area contributed by atoms with Gasteiger partial charge in [-0.1, -0.05) is 146 Å². The minimum absolute atomic E-state index is 0.393. The highest BCUT2D eigenvalue weighted by atomic mass is 31.1. The fourth-order valence-electron chi connectivity index (χ4n) is 5.76. The molecular weight excluding hydrogens is 508 g/mol. The van der Waals surface area contributed by atoms with Gasteiger partial charge in [-0.05, 0) is 73.5 Å². The molecule has 194 valence electrons. The summed E-state index contributed by atoms with van der Waals surface area (Å²) in [7, 11) is -1.01. The Morgan fingerprint density at radius 1 is 0.538 bits per heavy atom. The van der Waals surface area contributed by atoms with Crippen LogP contribution in [0.25, 0.3) is 0 Å². The maximum atomic E-state index is 2.78. The van der Waals surface area contributed by atoms with Crippen LogP contribution in [0.3, 0.4) is 0 Å². The van der Waals surface area contributed by atoms with E-state index in [1.165, 1.54) is 57.6 Å². The summed E-state index contributed by atoms with van der Waals surface area (Å²) in [5.41, 5.74) is 1.48. The van der Waals surface area contributed by atoms with Crippen molar-refractivity contribution in [3.05, 3.63) is 151 Å². The molecule has 1 aliphatic rings. The van der Waals surface area contributed by atoms with Gasteiger partial charge in [0, 0.05) is 12.6 Å². The Hall–Kier alpha value is -3.08. The van der Waals surface area contributed by atoms with E-state index in [-0.39, 0.29) is 0 Å². The molecule has 0 saturated carbocycles. The van der Waals surface area contributed by atoms with Gasteiger partial charge < -0.3 is 0 Å². The molecule has 1 saturated heterocycles. The Bertz CT molecular complexity index is 1360. The normalized spacial score (nSPS) is 15.7. The Morgan fingerprint density at radius 3 is 1.54 bits per heavy atom. The molecule has 0 spiro atoms. The first kappa shape index (κ1) is 26.2. The quantitative estimate of drug-likeness (QED) is 0.191. The molecule has 0 amide bonds. The van der Waals surface area contributed by atoms with E-state index in [9.17, 15) is 0 Å². The van der Waals surface area contributed by atoms with E-state index in [0.717, 1.165) is 6.54 Å². The molecule has 0 aliphatic carbocycles. The van der Waals surface area contributed by atoms with Crippen LogP contribution in [0.15, 0.2) is 146 Å². The predicted molar refractivity (Wildman–Crippen MR) is 173 cm³/mol. The van der Waals surface area contributed by atoms with Crippen LogP contribution in [0.4, 0.5) is 0 Å². The minimum atomic E-state index is -0.613. The standard InChI is InChI=1S/C36H35NP2/c1-5-18-32(19-6-1)38(33-20-7-2-8-21-33)29-31-17-15-27-37(31)28-30-16-13-14-26-36(30)39(34-22-9-3-10-23-34)35-24-11-4-12-25-35/h1-14,16,18-26,31H,15,17,27-29H2. The van der Waals surface area contributed by atoms with Crippen LogP contribution in [0.5, 0.6) is 0 Å².